The van der Waals surface area contributed by atoms with Gasteiger partial charge in [-0.05, 0) is 53.7 Å². The maximum absolute atomic E-state index is 13.7. The molecule has 2 aromatic rings. The Morgan fingerprint density at radius 2 is 2.03 bits per heavy atom. The van der Waals surface area contributed by atoms with E-state index >= 15 is 0 Å². The zero-order valence-electron chi connectivity index (χ0n) is 21.1. The number of carbonyl (C=O) groups is 2. The van der Waals surface area contributed by atoms with Gasteiger partial charge in [-0.1, -0.05) is 58.9 Å². The van der Waals surface area contributed by atoms with Crippen LogP contribution in [0.15, 0.2) is 46.8 Å². The van der Waals surface area contributed by atoms with E-state index in [-0.39, 0.29) is 31.8 Å². The molecule has 0 saturated heterocycles. The van der Waals surface area contributed by atoms with Crippen molar-refractivity contribution in [3.05, 3.63) is 80.3 Å². The van der Waals surface area contributed by atoms with E-state index in [9.17, 15) is 14.4 Å². The molecule has 0 bridgehead atoms. The van der Waals surface area contributed by atoms with Crippen LogP contribution < -0.4 is 5.56 Å². The third-order valence-electron chi connectivity index (χ3n) is 7.01. The van der Waals surface area contributed by atoms with Crippen LogP contribution in [0.2, 0.25) is 0 Å². The average Bonchev–Trinajstić information content (AvgIpc) is 3.24. The monoisotopic (exact) mass is 555 g/mol. The van der Waals surface area contributed by atoms with Crippen LogP contribution in [-0.2, 0) is 44.2 Å². The first-order valence-corrected chi connectivity index (χ1v) is 15.1. The Morgan fingerprint density at radius 3 is 2.84 bits per heavy atom. The van der Waals surface area contributed by atoms with Crippen LogP contribution in [0.4, 0.5) is 4.79 Å². The molecule has 1 atom stereocenters. The minimum absolute atomic E-state index is 0.0757. The predicted molar refractivity (Wildman–Crippen MR) is 148 cm³/mol. The van der Waals surface area contributed by atoms with Crippen molar-refractivity contribution >= 4 is 45.4 Å². The fourth-order valence-corrected chi connectivity index (χ4v) is 6.76. The number of cyclic esters (lactones) is 1. The molecule has 0 fully saturated rings. The zero-order chi connectivity index (χ0) is 26.7. The number of hydrogen-bond acceptors (Lipinski definition) is 9. The van der Waals surface area contributed by atoms with Crippen molar-refractivity contribution < 1.29 is 28.9 Å². The highest BCUT2D eigenvalue weighted by Gasteiger charge is 2.51. The quantitative estimate of drug-likeness (QED) is 0.287. The molecular weight excluding hydrogens is 526 g/mol. The lowest BCUT2D eigenvalue weighted by atomic mass is 9.85. The van der Waals surface area contributed by atoms with Crippen LogP contribution >= 0.6 is 21.6 Å². The van der Waals surface area contributed by atoms with Crippen LogP contribution in [0.3, 0.4) is 0 Å². The number of allylic oxidation sites excluding steroid dienone is 3. The van der Waals surface area contributed by atoms with Gasteiger partial charge in [-0.15, -0.1) is 0 Å². The Bertz CT molecular complexity index is 1380. The summed E-state index contributed by atoms with van der Waals surface area (Å²) < 4.78 is 18.0. The summed E-state index contributed by atoms with van der Waals surface area (Å²) >= 11 is 0. The highest BCUT2D eigenvalue weighted by molar-refractivity contribution is 8.76. The standard InChI is InChI=1S/C28H29NO7S2/c1-2-28(36-27(33)34-11-13-38-37-12-10-30)23-15-24-21-9-5-8-18-6-3-4-7-19(18)14-20(21)16-29(24)25(31)22(23)17-35-26(28)32/h3-4,6-7,9,14-15,30H,2,5,8,10-13,16-17H2,1H3/b20-14-,21-9+/t28-/m0/s1. The number of fused-ring (bicyclic) bond motifs is 5. The van der Waals surface area contributed by atoms with Gasteiger partial charge in [-0.2, -0.15) is 0 Å². The van der Waals surface area contributed by atoms with E-state index in [4.69, 9.17) is 19.3 Å². The van der Waals surface area contributed by atoms with E-state index in [1.54, 1.807) is 11.5 Å². The van der Waals surface area contributed by atoms with Gasteiger partial charge in [0.2, 0.25) is 5.60 Å². The minimum Gasteiger partial charge on any atom is -0.457 e. The van der Waals surface area contributed by atoms with E-state index in [0.29, 0.717) is 34.9 Å². The third kappa shape index (κ3) is 4.92. The number of nitrogens with zero attached hydrogens (tertiary/aromatic N) is 1. The summed E-state index contributed by atoms with van der Waals surface area (Å²) in [5.41, 5.74) is 3.76. The first kappa shape index (κ1) is 26.6. The SMILES string of the molecule is CC[C@@]1(OC(=O)OCCSSCCO)C(=O)OCc2c1cc1n(c2=O)CC2=C/c3ccccc3CC/C=C\21. The molecule has 1 aromatic carbocycles. The molecule has 38 heavy (non-hydrogen) atoms. The van der Waals surface area contributed by atoms with E-state index in [1.807, 2.05) is 18.2 Å². The number of esters is 1. The van der Waals surface area contributed by atoms with Crippen molar-refractivity contribution in [1.82, 2.24) is 4.57 Å². The number of ether oxygens (including phenoxy) is 3. The van der Waals surface area contributed by atoms with Gasteiger partial charge in [-0.25, -0.2) is 9.59 Å². The number of rotatable bonds is 8. The zero-order valence-corrected chi connectivity index (χ0v) is 22.7. The summed E-state index contributed by atoms with van der Waals surface area (Å²) in [5, 5.41) is 8.85. The Labute approximate surface area is 228 Å². The number of aromatic nitrogens is 1. The molecular formula is C28H29NO7S2. The van der Waals surface area contributed by atoms with Gasteiger partial charge in [0.25, 0.3) is 5.56 Å². The Morgan fingerprint density at radius 1 is 1.21 bits per heavy atom. The van der Waals surface area contributed by atoms with E-state index in [0.717, 1.165) is 29.6 Å². The van der Waals surface area contributed by atoms with Crippen molar-refractivity contribution in [3.8, 4) is 0 Å². The molecule has 10 heteroatoms. The maximum atomic E-state index is 13.7. The highest BCUT2D eigenvalue weighted by Crippen LogP contribution is 2.42. The van der Waals surface area contributed by atoms with Gasteiger partial charge >= 0.3 is 12.1 Å². The first-order valence-electron chi connectivity index (χ1n) is 12.6. The Kier molecular flexibility index (Phi) is 8.01. The molecule has 0 saturated carbocycles. The molecule has 1 aliphatic carbocycles. The Balaban J connectivity index is 1.47. The second-order valence-electron chi connectivity index (χ2n) is 9.16. The molecule has 1 N–H and O–H groups in total. The summed E-state index contributed by atoms with van der Waals surface area (Å²) in [6.07, 6.45) is 5.07. The molecule has 5 rings (SSSR count). The highest BCUT2D eigenvalue weighted by atomic mass is 33.1. The molecule has 0 spiro atoms. The second kappa shape index (κ2) is 11.4. The topological polar surface area (TPSA) is 104 Å². The lowest BCUT2D eigenvalue weighted by Crippen LogP contribution is -2.47. The minimum atomic E-state index is -1.76. The first-order chi connectivity index (χ1) is 18.5. The van der Waals surface area contributed by atoms with E-state index in [1.165, 1.54) is 27.2 Å². The van der Waals surface area contributed by atoms with Crippen molar-refractivity contribution in [3.63, 3.8) is 0 Å². The molecule has 0 unspecified atom stereocenters. The van der Waals surface area contributed by atoms with Gasteiger partial charge in [0.1, 0.15) is 13.2 Å². The summed E-state index contributed by atoms with van der Waals surface area (Å²) in [4.78, 5) is 39.4. The number of benzene rings is 1. The predicted octanol–water partition coefficient (Wildman–Crippen LogP) is 4.46. The van der Waals surface area contributed by atoms with Crippen LogP contribution in [0.25, 0.3) is 11.6 Å². The summed E-state index contributed by atoms with van der Waals surface area (Å²) in [5.74, 6) is 0.369. The van der Waals surface area contributed by atoms with Gasteiger partial charge < -0.3 is 23.9 Å². The average molecular weight is 556 g/mol. The second-order valence-corrected chi connectivity index (χ2v) is 11.9. The Hall–Kier alpha value is -2.95. The molecule has 1 aromatic heterocycles. The van der Waals surface area contributed by atoms with Crippen molar-refractivity contribution in [2.75, 3.05) is 24.7 Å². The summed E-state index contributed by atoms with van der Waals surface area (Å²) in [6, 6.07) is 10.1. The molecule has 0 amide bonds. The maximum Gasteiger partial charge on any atom is 0.509 e. The number of aliphatic hydroxyl groups excluding tert-OH is 1. The van der Waals surface area contributed by atoms with Crippen LogP contribution in [-0.4, -0.2) is 46.5 Å². The largest absolute Gasteiger partial charge is 0.509 e. The van der Waals surface area contributed by atoms with Crippen LogP contribution in [0.1, 0.15) is 47.7 Å². The molecule has 3 heterocycles. The van der Waals surface area contributed by atoms with Gasteiger partial charge in [0.05, 0.1) is 24.4 Å². The molecule has 8 nitrogen and oxygen atoms in total. The van der Waals surface area contributed by atoms with E-state index in [2.05, 4.69) is 24.3 Å². The lowest BCUT2D eigenvalue weighted by Gasteiger charge is -2.35. The van der Waals surface area contributed by atoms with Gasteiger partial charge in [0, 0.05) is 17.1 Å². The van der Waals surface area contributed by atoms with E-state index < -0.39 is 17.7 Å². The fraction of sp³-hybridized carbons (Fsp3) is 0.393. The van der Waals surface area contributed by atoms with Crippen LogP contribution in [0.5, 0.6) is 0 Å². The van der Waals surface area contributed by atoms with Gasteiger partial charge in [-0.3, -0.25) is 4.79 Å². The van der Waals surface area contributed by atoms with Crippen molar-refractivity contribution in [1.29, 1.82) is 0 Å². The smallest absolute Gasteiger partial charge is 0.457 e. The molecule has 3 aliphatic rings. The number of hydrogen-bond donors (Lipinski definition) is 1. The number of aliphatic hydroxyl groups is 1. The normalized spacial score (nSPS) is 22.2. The summed E-state index contributed by atoms with van der Waals surface area (Å²) in [6.45, 7) is 2.12. The lowest BCUT2D eigenvalue weighted by molar-refractivity contribution is -0.175. The number of aryl methyl sites for hydroxylation is 1. The summed E-state index contributed by atoms with van der Waals surface area (Å²) in [7, 11) is 2.93. The fourth-order valence-electron chi connectivity index (χ4n) is 5.16. The third-order valence-corrected chi connectivity index (χ3v) is 9.36. The number of carbonyl (C=O) groups excluding carboxylic acids is 2. The van der Waals surface area contributed by atoms with Gasteiger partial charge in [0.15, 0.2) is 0 Å². The molecule has 2 aliphatic heterocycles. The number of pyridine rings is 1. The molecule has 0 radical (unpaired) electrons. The van der Waals surface area contributed by atoms with Crippen molar-refractivity contribution in [2.24, 2.45) is 0 Å². The molecule has 200 valence electrons. The van der Waals surface area contributed by atoms with Crippen LogP contribution in [0, 0.1) is 0 Å². The van der Waals surface area contributed by atoms with Crippen molar-refractivity contribution in [2.45, 2.75) is 44.9 Å².